The van der Waals surface area contributed by atoms with Gasteiger partial charge in [-0.25, -0.2) is 0 Å². The highest BCUT2D eigenvalue weighted by Crippen LogP contribution is 2.26. The summed E-state index contributed by atoms with van der Waals surface area (Å²) in [5, 5.41) is 12.3. The molecular weight excluding hydrogens is 184 g/mol. The van der Waals surface area contributed by atoms with Crippen LogP contribution < -0.4 is 5.32 Å². The van der Waals surface area contributed by atoms with Gasteiger partial charge in [0.2, 0.25) is 0 Å². The van der Waals surface area contributed by atoms with Crippen molar-refractivity contribution in [2.75, 3.05) is 13.1 Å². The van der Waals surface area contributed by atoms with Crippen LogP contribution in [0.25, 0.3) is 0 Å². The molecule has 78 valence electrons. The molecule has 1 aliphatic heterocycles. The average molecular weight is 200 g/mol. The van der Waals surface area contributed by atoms with Gasteiger partial charge in [-0.1, -0.05) is 12.1 Å². The predicted molar refractivity (Wildman–Crippen MR) is 60.6 cm³/mol. The van der Waals surface area contributed by atoms with Crippen LogP contribution in [0.15, 0.2) is 24.3 Å². The van der Waals surface area contributed by atoms with E-state index >= 15 is 0 Å². The summed E-state index contributed by atoms with van der Waals surface area (Å²) < 4.78 is 0. The van der Waals surface area contributed by atoms with Crippen molar-refractivity contribution in [1.82, 2.24) is 5.32 Å². The summed E-state index contributed by atoms with van der Waals surface area (Å²) in [5.41, 5.74) is 2.11. The molecule has 2 nitrogen and oxygen atoms in total. The first kappa shape index (κ1) is 10.2. The second-order valence-corrected chi connectivity index (χ2v) is 4.12. The zero-order valence-electron chi connectivity index (χ0n) is 8.87. The lowest BCUT2D eigenvalue weighted by Gasteiger charge is -2.13. The van der Waals surface area contributed by atoms with Gasteiger partial charge in [-0.2, -0.15) is 5.26 Å². The van der Waals surface area contributed by atoms with Crippen LogP contribution in [0.2, 0.25) is 0 Å². The average Bonchev–Trinajstić information content (AvgIpc) is 2.58. The van der Waals surface area contributed by atoms with Crippen LogP contribution in [0.1, 0.15) is 36.3 Å². The second-order valence-electron chi connectivity index (χ2n) is 4.12. The van der Waals surface area contributed by atoms with Gasteiger partial charge in [0.1, 0.15) is 0 Å². The van der Waals surface area contributed by atoms with E-state index in [-0.39, 0.29) is 0 Å². The molecule has 1 heterocycles. The molecule has 0 saturated carbocycles. The molecule has 15 heavy (non-hydrogen) atoms. The van der Waals surface area contributed by atoms with Crippen molar-refractivity contribution in [1.29, 1.82) is 5.26 Å². The van der Waals surface area contributed by atoms with E-state index in [0.717, 1.165) is 18.7 Å². The third-order valence-electron chi connectivity index (χ3n) is 3.06. The fourth-order valence-corrected chi connectivity index (χ4v) is 2.21. The van der Waals surface area contributed by atoms with Crippen LogP contribution in [0.3, 0.4) is 0 Å². The Hall–Kier alpha value is -1.33. The minimum absolute atomic E-state index is 0.633. The van der Waals surface area contributed by atoms with Crippen LogP contribution in [0, 0.1) is 11.3 Å². The first-order chi connectivity index (χ1) is 7.40. The molecule has 1 atom stereocenters. The highest BCUT2D eigenvalue weighted by atomic mass is 14.8. The van der Waals surface area contributed by atoms with E-state index in [1.54, 1.807) is 0 Å². The Morgan fingerprint density at radius 3 is 3.07 bits per heavy atom. The number of benzene rings is 1. The quantitative estimate of drug-likeness (QED) is 0.755. The Balaban J connectivity index is 2.16. The fourth-order valence-electron chi connectivity index (χ4n) is 2.21. The van der Waals surface area contributed by atoms with E-state index in [0.29, 0.717) is 5.92 Å². The minimum Gasteiger partial charge on any atom is -0.317 e. The Morgan fingerprint density at radius 2 is 2.20 bits per heavy atom. The number of nitriles is 1. The number of nitrogens with one attached hydrogen (secondary N) is 1. The van der Waals surface area contributed by atoms with Crippen molar-refractivity contribution < 1.29 is 0 Å². The lowest BCUT2D eigenvalue weighted by Crippen LogP contribution is -2.13. The van der Waals surface area contributed by atoms with E-state index in [4.69, 9.17) is 5.26 Å². The van der Waals surface area contributed by atoms with Crippen molar-refractivity contribution in [3.05, 3.63) is 35.4 Å². The van der Waals surface area contributed by atoms with Crippen molar-refractivity contribution in [3.8, 4) is 6.07 Å². The molecule has 2 rings (SSSR count). The van der Waals surface area contributed by atoms with Gasteiger partial charge in [-0.15, -0.1) is 0 Å². The molecule has 2 heteroatoms. The molecule has 1 fully saturated rings. The maximum atomic E-state index is 8.85. The number of hydrogen-bond acceptors (Lipinski definition) is 2. The van der Waals surface area contributed by atoms with E-state index < -0.39 is 0 Å². The van der Waals surface area contributed by atoms with Gasteiger partial charge in [0.25, 0.3) is 0 Å². The maximum Gasteiger partial charge on any atom is 0.0991 e. The molecule has 1 aromatic rings. The van der Waals surface area contributed by atoms with E-state index in [1.807, 2.05) is 18.2 Å². The summed E-state index contributed by atoms with van der Waals surface area (Å²) in [7, 11) is 0. The molecule has 0 bridgehead atoms. The largest absolute Gasteiger partial charge is 0.317 e. The third-order valence-corrected chi connectivity index (χ3v) is 3.06. The molecule has 1 N–H and O–H groups in total. The fraction of sp³-hybridized carbons (Fsp3) is 0.462. The number of nitrogens with zero attached hydrogens (tertiary/aromatic N) is 1. The van der Waals surface area contributed by atoms with Crippen LogP contribution in [0.5, 0.6) is 0 Å². The summed E-state index contributed by atoms with van der Waals surface area (Å²) in [6.07, 6.45) is 3.66. The third kappa shape index (κ3) is 2.57. The first-order valence-corrected chi connectivity index (χ1v) is 5.61. The second kappa shape index (κ2) is 4.95. The van der Waals surface area contributed by atoms with Crippen molar-refractivity contribution in [2.24, 2.45) is 0 Å². The standard InChI is InChI=1S/C13H16N2/c14-10-11-3-1-4-13(9-11)12-5-2-7-15-8-6-12/h1,3-4,9,12,15H,2,5-8H2. The van der Waals surface area contributed by atoms with Crippen LogP contribution in [-0.4, -0.2) is 13.1 Å². The number of rotatable bonds is 1. The zero-order chi connectivity index (χ0) is 10.5. The lowest BCUT2D eigenvalue weighted by atomic mass is 9.91. The predicted octanol–water partition coefficient (Wildman–Crippen LogP) is 2.42. The molecule has 0 radical (unpaired) electrons. The van der Waals surface area contributed by atoms with Gasteiger partial charge in [0.05, 0.1) is 11.6 Å². The summed E-state index contributed by atoms with van der Waals surface area (Å²) in [4.78, 5) is 0. The van der Waals surface area contributed by atoms with E-state index in [2.05, 4.69) is 17.5 Å². The van der Waals surface area contributed by atoms with Gasteiger partial charge in [-0.3, -0.25) is 0 Å². The molecule has 1 saturated heterocycles. The van der Waals surface area contributed by atoms with Crippen LogP contribution in [-0.2, 0) is 0 Å². The smallest absolute Gasteiger partial charge is 0.0991 e. The lowest BCUT2D eigenvalue weighted by molar-refractivity contribution is 0.609. The molecule has 1 aliphatic rings. The molecule has 0 aromatic heterocycles. The molecular formula is C13H16N2. The van der Waals surface area contributed by atoms with Gasteiger partial charge >= 0.3 is 0 Å². The summed E-state index contributed by atoms with van der Waals surface area (Å²) in [6.45, 7) is 2.23. The van der Waals surface area contributed by atoms with Crippen molar-refractivity contribution in [3.63, 3.8) is 0 Å². The summed E-state index contributed by atoms with van der Waals surface area (Å²) in [5.74, 6) is 0.633. The van der Waals surface area contributed by atoms with Gasteiger partial charge in [0, 0.05) is 0 Å². The van der Waals surface area contributed by atoms with Gasteiger partial charge in [-0.05, 0) is 56.0 Å². The molecule has 1 aromatic carbocycles. The molecule has 0 spiro atoms. The van der Waals surface area contributed by atoms with Crippen LogP contribution >= 0.6 is 0 Å². The topological polar surface area (TPSA) is 35.8 Å². The SMILES string of the molecule is N#Cc1cccc(C2CCCNCC2)c1. The summed E-state index contributed by atoms with van der Waals surface area (Å²) >= 11 is 0. The Bertz CT molecular complexity index is 357. The maximum absolute atomic E-state index is 8.85. The summed E-state index contributed by atoms with van der Waals surface area (Å²) in [6, 6.07) is 10.3. The monoisotopic (exact) mass is 200 g/mol. The Labute approximate surface area is 90.9 Å². The first-order valence-electron chi connectivity index (χ1n) is 5.61. The van der Waals surface area contributed by atoms with Gasteiger partial charge < -0.3 is 5.32 Å². The number of hydrogen-bond donors (Lipinski definition) is 1. The normalized spacial score (nSPS) is 21.7. The molecule has 0 aliphatic carbocycles. The Kier molecular flexibility index (Phi) is 3.37. The van der Waals surface area contributed by atoms with Gasteiger partial charge in [0.15, 0.2) is 0 Å². The van der Waals surface area contributed by atoms with Crippen LogP contribution in [0.4, 0.5) is 0 Å². The van der Waals surface area contributed by atoms with E-state index in [9.17, 15) is 0 Å². The van der Waals surface area contributed by atoms with E-state index in [1.165, 1.54) is 24.8 Å². The zero-order valence-corrected chi connectivity index (χ0v) is 8.87. The highest BCUT2D eigenvalue weighted by molar-refractivity contribution is 5.34. The molecule has 1 unspecified atom stereocenters. The van der Waals surface area contributed by atoms with Crippen molar-refractivity contribution >= 4 is 0 Å². The molecule has 0 amide bonds. The minimum atomic E-state index is 0.633. The Morgan fingerprint density at radius 1 is 1.27 bits per heavy atom. The van der Waals surface area contributed by atoms with Crippen molar-refractivity contribution in [2.45, 2.75) is 25.2 Å². The highest BCUT2D eigenvalue weighted by Gasteiger charge is 2.13.